The number of rotatable bonds is 6. The number of aliphatic hydroxyl groups is 1. The molecule has 1 N–H and O–H groups in total. The molecule has 0 saturated heterocycles. The molecule has 3 heteroatoms. The van der Waals surface area contributed by atoms with E-state index in [0.29, 0.717) is 0 Å². The first-order valence-electron chi connectivity index (χ1n) is 6.21. The molecule has 0 aromatic carbocycles. The van der Waals surface area contributed by atoms with E-state index < -0.39 is 0 Å². The van der Waals surface area contributed by atoms with Gasteiger partial charge in [0.25, 0.3) is 0 Å². The maximum atomic E-state index is 8.94. The minimum Gasteiger partial charge on any atom is -0.379 e. The highest BCUT2D eigenvalue weighted by Gasteiger charge is 2.02. The first-order chi connectivity index (χ1) is 7.06. The van der Waals surface area contributed by atoms with E-state index in [1.807, 2.05) is 18.7 Å². The third-order valence-electron chi connectivity index (χ3n) is 2.68. The number of hydrogen-bond donors (Lipinski definition) is 1. The zero-order valence-corrected chi connectivity index (χ0v) is 11.5. The normalized spacial score (nSPS) is 12.6. The first kappa shape index (κ1) is 17.3. The Bertz CT molecular complexity index is 105. The second-order valence-corrected chi connectivity index (χ2v) is 3.47. The summed E-state index contributed by atoms with van der Waals surface area (Å²) in [5.41, 5.74) is 0. The molecule has 0 aliphatic carbocycles. The van der Waals surface area contributed by atoms with Crippen molar-refractivity contribution in [2.24, 2.45) is 0 Å². The molecule has 0 spiro atoms. The fourth-order valence-electron chi connectivity index (χ4n) is 1.42. The van der Waals surface area contributed by atoms with E-state index in [0.717, 1.165) is 13.1 Å². The monoisotopic (exact) mass is 218 g/mol. The maximum Gasteiger partial charge on any atom is 0.104 e. The molecule has 15 heavy (non-hydrogen) atoms. The lowest BCUT2D eigenvalue weighted by atomic mass is 10.5. The summed E-state index contributed by atoms with van der Waals surface area (Å²) < 4.78 is 0. The topological polar surface area (TPSA) is 26.7 Å². The Morgan fingerprint density at radius 2 is 1.13 bits per heavy atom. The Morgan fingerprint density at radius 3 is 1.13 bits per heavy atom. The standard InChI is InChI=1S/C6H15NO.C6H15N/c1-4-7(5-2)6(3)8;1-4-7(5-2)6-3/h6,8H,4-5H2,1-3H3;4-6H2,1-3H3. The van der Waals surface area contributed by atoms with E-state index in [4.69, 9.17) is 5.11 Å². The molecular formula is C12H30N2O. The van der Waals surface area contributed by atoms with Gasteiger partial charge in [0.15, 0.2) is 0 Å². The molecule has 0 fully saturated rings. The van der Waals surface area contributed by atoms with E-state index >= 15 is 0 Å². The molecule has 0 heterocycles. The van der Waals surface area contributed by atoms with Gasteiger partial charge >= 0.3 is 0 Å². The van der Waals surface area contributed by atoms with Crippen LogP contribution < -0.4 is 0 Å². The van der Waals surface area contributed by atoms with E-state index in [-0.39, 0.29) is 6.23 Å². The third kappa shape index (κ3) is 10.2. The van der Waals surface area contributed by atoms with E-state index in [2.05, 4.69) is 25.7 Å². The lowest BCUT2D eigenvalue weighted by molar-refractivity contribution is 0.0265. The Kier molecular flexibility index (Phi) is 13.8. The Hall–Kier alpha value is -0.120. The smallest absolute Gasteiger partial charge is 0.104 e. The summed E-state index contributed by atoms with van der Waals surface area (Å²) in [5.74, 6) is 0. The van der Waals surface area contributed by atoms with Gasteiger partial charge in [0.05, 0.1) is 0 Å². The highest BCUT2D eigenvalue weighted by atomic mass is 16.3. The van der Waals surface area contributed by atoms with Crippen molar-refractivity contribution >= 4 is 0 Å². The molecule has 0 radical (unpaired) electrons. The van der Waals surface area contributed by atoms with Gasteiger partial charge in [0.1, 0.15) is 6.23 Å². The SMILES string of the molecule is CCN(CC)C(C)O.CCN(CC)CC. The molecule has 0 rings (SSSR count). The zero-order valence-electron chi connectivity index (χ0n) is 11.5. The van der Waals surface area contributed by atoms with Crippen LogP contribution >= 0.6 is 0 Å². The summed E-state index contributed by atoms with van der Waals surface area (Å²) in [6, 6.07) is 0. The van der Waals surface area contributed by atoms with E-state index in [1.165, 1.54) is 19.6 Å². The Labute approximate surface area is 96.1 Å². The van der Waals surface area contributed by atoms with Crippen LogP contribution in [-0.4, -0.2) is 53.9 Å². The number of aliphatic hydroxyl groups excluding tert-OH is 1. The molecule has 0 bridgehead atoms. The van der Waals surface area contributed by atoms with Gasteiger partial charge in [-0.25, -0.2) is 0 Å². The number of hydrogen-bond acceptors (Lipinski definition) is 3. The third-order valence-corrected chi connectivity index (χ3v) is 2.68. The van der Waals surface area contributed by atoms with Crippen LogP contribution in [0, 0.1) is 0 Å². The molecule has 94 valence electrons. The summed E-state index contributed by atoms with van der Waals surface area (Å²) in [6.45, 7) is 17.8. The van der Waals surface area contributed by atoms with Gasteiger partial charge < -0.3 is 10.0 Å². The van der Waals surface area contributed by atoms with Crippen molar-refractivity contribution in [2.45, 2.75) is 47.8 Å². The van der Waals surface area contributed by atoms with Crippen LogP contribution in [0.2, 0.25) is 0 Å². The molecule has 3 nitrogen and oxygen atoms in total. The lowest BCUT2D eigenvalue weighted by Gasteiger charge is -2.20. The van der Waals surface area contributed by atoms with Crippen molar-refractivity contribution in [3.05, 3.63) is 0 Å². The zero-order chi connectivity index (χ0) is 12.3. The lowest BCUT2D eigenvalue weighted by Crippen LogP contribution is -2.32. The van der Waals surface area contributed by atoms with Gasteiger partial charge in [-0.3, -0.25) is 4.90 Å². The highest BCUT2D eigenvalue weighted by molar-refractivity contribution is 4.49. The summed E-state index contributed by atoms with van der Waals surface area (Å²) in [4.78, 5) is 4.35. The minimum absolute atomic E-state index is 0.287. The molecule has 1 atom stereocenters. The van der Waals surface area contributed by atoms with Crippen LogP contribution in [0.4, 0.5) is 0 Å². The first-order valence-corrected chi connectivity index (χ1v) is 6.21. The molecule has 0 aromatic heterocycles. The molecular weight excluding hydrogens is 188 g/mol. The molecule has 0 amide bonds. The second kappa shape index (κ2) is 12.0. The fourth-order valence-corrected chi connectivity index (χ4v) is 1.42. The van der Waals surface area contributed by atoms with Gasteiger partial charge in [-0.1, -0.05) is 34.6 Å². The van der Waals surface area contributed by atoms with Crippen LogP contribution in [0.15, 0.2) is 0 Å². The van der Waals surface area contributed by atoms with Crippen LogP contribution in [0.1, 0.15) is 41.5 Å². The molecule has 0 aromatic rings. The predicted octanol–water partition coefficient (Wildman–Crippen LogP) is 2.01. The van der Waals surface area contributed by atoms with Crippen LogP contribution in [-0.2, 0) is 0 Å². The Balaban J connectivity index is 0. The van der Waals surface area contributed by atoms with Crippen molar-refractivity contribution in [1.29, 1.82) is 0 Å². The average molecular weight is 218 g/mol. The van der Waals surface area contributed by atoms with Gasteiger partial charge in [0.2, 0.25) is 0 Å². The molecule has 0 aliphatic heterocycles. The highest BCUT2D eigenvalue weighted by Crippen LogP contribution is 1.91. The summed E-state index contributed by atoms with van der Waals surface area (Å²) in [6.07, 6.45) is -0.287. The van der Waals surface area contributed by atoms with E-state index in [1.54, 1.807) is 6.92 Å². The van der Waals surface area contributed by atoms with Gasteiger partial charge in [-0.05, 0) is 39.6 Å². The van der Waals surface area contributed by atoms with Crippen LogP contribution in [0.3, 0.4) is 0 Å². The van der Waals surface area contributed by atoms with Gasteiger partial charge in [-0.2, -0.15) is 0 Å². The van der Waals surface area contributed by atoms with Gasteiger partial charge in [0, 0.05) is 0 Å². The van der Waals surface area contributed by atoms with Gasteiger partial charge in [-0.15, -0.1) is 0 Å². The summed E-state index contributed by atoms with van der Waals surface area (Å²) >= 11 is 0. The minimum atomic E-state index is -0.287. The van der Waals surface area contributed by atoms with E-state index in [9.17, 15) is 0 Å². The number of nitrogens with zero attached hydrogens (tertiary/aromatic N) is 2. The second-order valence-electron chi connectivity index (χ2n) is 3.47. The largest absolute Gasteiger partial charge is 0.379 e. The van der Waals surface area contributed by atoms with Crippen molar-refractivity contribution in [3.8, 4) is 0 Å². The quantitative estimate of drug-likeness (QED) is 0.691. The molecule has 1 unspecified atom stereocenters. The maximum absolute atomic E-state index is 8.94. The molecule has 0 aliphatic rings. The van der Waals surface area contributed by atoms with Crippen molar-refractivity contribution in [3.63, 3.8) is 0 Å². The van der Waals surface area contributed by atoms with Crippen LogP contribution in [0.25, 0.3) is 0 Å². The van der Waals surface area contributed by atoms with Crippen molar-refractivity contribution < 1.29 is 5.11 Å². The predicted molar refractivity (Wildman–Crippen MR) is 68.1 cm³/mol. The Morgan fingerprint density at radius 1 is 0.800 bits per heavy atom. The van der Waals surface area contributed by atoms with Crippen molar-refractivity contribution in [2.75, 3.05) is 32.7 Å². The summed E-state index contributed by atoms with van der Waals surface area (Å²) in [7, 11) is 0. The van der Waals surface area contributed by atoms with Crippen LogP contribution in [0.5, 0.6) is 0 Å². The summed E-state index contributed by atoms with van der Waals surface area (Å²) in [5, 5.41) is 8.94. The fraction of sp³-hybridized carbons (Fsp3) is 1.00. The average Bonchev–Trinajstić information content (AvgIpc) is 2.22. The molecule has 0 saturated carbocycles. The van der Waals surface area contributed by atoms with Crippen molar-refractivity contribution in [1.82, 2.24) is 9.80 Å².